The van der Waals surface area contributed by atoms with Crippen molar-refractivity contribution in [3.63, 3.8) is 0 Å². The molecule has 0 aromatic heterocycles. The van der Waals surface area contributed by atoms with Crippen LogP contribution in [0.1, 0.15) is 23.6 Å². The van der Waals surface area contributed by atoms with Crippen molar-refractivity contribution in [1.82, 2.24) is 5.32 Å². The van der Waals surface area contributed by atoms with Crippen molar-refractivity contribution in [1.29, 1.82) is 0 Å². The average Bonchev–Trinajstić information content (AvgIpc) is 2.81. The number of urea groups is 1. The Kier molecular flexibility index (Phi) is 7.14. The number of hydrogen-bond acceptors (Lipinski definition) is 4. The van der Waals surface area contributed by atoms with Crippen molar-refractivity contribution in [2.45, 2.75) is 13.3 Å². The van der Waals surface area contributed by atoms with Crippen molar-refractivity contribution in [3.05, 3.63) is 98.5 Å². The number of halogens is 2. The zero-order valence-corrected chi connectivity index (χ0v) is 20.5. The van der Waals surface area contributed by atoms with Gasteiger partial charge in [-0.3, -0.25) is 14.9 Å². The number of nitrogens with one attached hydrogen (secondary N) is 1. The van der Waals surface area contributed by atoms with Crippen LogP contribution in [0.15, 0.2) is 76.8 Å². The molecule has 4 rings (SSSR count). The van der Waals surface area contributed by atoms with E-state index in [0.29, 0.717) is 35.1 Å². The molecule has 3 aromatic rings. The molecular formula is C26H20BrClN2O4. The second kappa shape index (κ2) is 10.2. The largest absolute Gasteiger partial charge is 0.494 e. The molecule has 1 heterocycles. The SMILES string of the molecule is CCOc1cc(/C=C2\C(=O)NC(=O)N(c3ccccc3)C2=O)cc(Cl)c1Cc1ccccc1Br. The van der Waals surface area contributed by atoms with Gasteiger partial charge in [-0.05, 0) is 54.5 Å². The van der Waals surface area contributed by atoms with E-state index in [9.17, 15) is 14.4 Å². The molecule has 8 heteroatoms. The van der Waals surface area contributed by atoms with E-state index >= 15 is 0 Å². The first kappa shape index (κ1) is 23.7. The lowest BCUT2D eigenvalue weighted by Crippen LogP contribution is -2.54. The van der Waals surface area contributed by atoms with Crippen LogP contribution in [0.3, 0.4) is 0 Å². The fourth-order valence-electron chi connectivity index (χ4n) is 3.64. The number of benzene rings is 3. The molecule has 0 saturated carbocycles. The van der Waals surface area contributed by atoms with E-state index < -0.39 is 17.8 Å². The Hall–Kier alpha value is -3.42. The summed E-state index contributed by atoms with van der Waals surface area (Å²) in [5.74, 6) is -0.933. The summed E-state index contributed by atoms with van der Waals surface area (Å²) in [6.45, 7) is 2.28. The van der Waals surface area contributed by atoms with Gasteiger partial charge in [-0.2, -0.15) is 0 Å². The normalized spacial score (nSPS) is 15.0. The van der Waals surface area contributed by atoms with Crippen molar-refractivity contribution >= 4 is 57.1 Å². The fourth-order valence-corrected chi connectivity index (χ4v) is 4.35. The highest BCUT2D eigenvalue weighted by atomic mass is 79.9. The van der Waals surface area contributed by atoms with E-state index in [1.54, 1.807) is 42.5 Å². The van der Waals surface area contributed by atoms with Crippen LogP contribution in [0.4, 0.5) is 10.5 Å². The Balaban J connectivity index is 1.73. The minimum Gasteiger partial charge on any atom is -0.494 e. The number of amides is 4. The molecule has 3 aromatic carbocycles. The lowest BCUT2D eigenvalue weighted by atomic mass is 10.0. The molecule has 0 radical (unpaired) electrons. The third kappa shape index (κ3) is 4.90. The van der Waals surface area contributed by atoms with Gasteiger partial charge in [0.05, 0.1) is 12.3 Å². The van der Waals surface area contributed by atoms with Gasteiger partial charge in [-0.25, -0.2) is 9.69 Å². The molecule has 0 atom stereocenters. The minimum absolute atomic E-state index is 0.180. The predicted octanol–water partition coefficient (Wildman–Crippen LogP) is 5.76. The number of hydrogen-bond donors (Lipinski definition) is 1. The number of nitrogens with zero attached hydrogens (tertiary/aromatic N) is 1. The monoisotopic (exact) mass is 538 g/mol. The maximum atomic E-state index is 13.1. The van der Waals surface area contributed by atoms with Gasteiger partial charge < -0.3 is 4.74 Å². The number of rotatable bonds is 6. The quantitative estimate of drug-likeness (QED) is 0.319. The van der Waals surface area contributed by atoms with Gasteiger partial charge >= 0.3 is 6.03 Å². The predicted molar refractivity (Wildman–Crippen MR) is 135 cm³/mol. The van der Waals surface area contributed by atoms with Crippen LogP contribution < -0.4 is 15.0 Å². The first-order valence-electron chi connectivity index (χ1n) is 10.5. The molecule has 1 aliphatic rings. The Morgan fingerprint density at radius 3 is 2.44 bits per heavy atom. The van der Waals surface area contributed by atoms with E-state index in [1.165, 1.54) is 6.08 Å². The molecule has 0 aliphatic carbocycles. The highest BCUT2D eigenvalue weighted by Gasteiger charge is 2.36. The van der Waals surface area contributed by atoms with E-state index in [2.05, 4.69) is 21.2 Å². The third-order valence-electron chi connectivity index (χ3n) is 5.23. The number of ether oxygens (including phenoxy) is 1. The Bertz CT molecular complexity index is 1310. The highest BCUT2D eigenvalue weighted by Crippen LogP contribution is 2.34. The molecule has 6 nitrogen and oxygen atoms in total. The topological polar surface area (TPSA) is 75.7 Å². The van der Waals surface area contributed by atoms with E-state index in [-0.39, 0.29) is 5.57 Å². The molecular weight excluding hydrogens is 520 g/mol. The molecule has 0 spiro atoms. The zero-order chi connectivity index (χ0) is 24.2. The summed E-state index contributed by atoms with van der Waals surface area (Å²) in [5, 5.41) is 2.66. The average molecular weight is 540 g/mol. The molecule has 172 valence electrons. The summed E-state index contributed by atoms with van der Waals surface area (Å²) in [5.41, 5.74) is 2.51. The molecule has 4 amide bonds. The fraction of sp³-hybridized carbons (Fsp3) is 0.115. The number of anilines is 1. The second-order valence-corrected chi connectivity index (χ2v) is 8.74. The van der Waals surface area contributed by atoms with Crippen molar-refractivity contribution in [3.8, 4) is 5.75 Å². The molecule has 1 aliphatic heterocycles. The third-order valence-corrected chi connectivity index (χ3v) is 6.34. The summed E-state index contributed by atoms with van der Waals surface area (Å²) < 4.78 is 6.80. The van der Waals surface area contributed by atoms with Crippen LogP contribution in [0.5, 0.6) is 5.75 Å². The van der Waals surface area contributed by atoms with Crippen molar-refractivity contribution in [2.24, 2.45) is 0 Å². The van der Waals surface area contributed by atoms with Gasteiger partial charge in [0.15, 0.2) is 0 Å². The summed E-state index contributed by atoms with van der Waals surface area (Å²) in [6, 6.07) is 18.8. The van der Waals surface area contributed by atoms with Gasteiger partial charge in [-0.15, -0.1) is 0 Å². The number of carbonyl (C=O) groups excluding carboxylic acids is 3. The van der Waals surface area contributed by atoms with Crippen molar-refractivity contribution in [2.75, 3.05) is 11.5 Å². The number of barbiturate groups is 1. The summed E-state index contributed by atoms with van der Waals surface area (Å²) in [6.07, 6.45) is 1.94. The number of imide groups is 2. The van der Waals surface area contributed by atoms with Crippen LogP contribution in [-0.4, -0.2) is 24.5 Å². The van der Waals surface area contributed by atoms with Crippen molar-refractivity contribution < 1.29 is 19.1 Å². The molecule has 1 fully saturated rings. The standard InChI is InChI=1S/C26H20BrClN2O4/c1-2-34-23-14-16(13-22(28)19(23)15-17-8-6-7-11-21(17)27)12-20-24(31)29-26(33)30(25(20)32)18-9-4-3-5-10-18/h3-14H,2,15H2,1H3,(H,29,31,33)/b20-12+. The molecule has 0 bridgehead atoms. The van der Waals surface area contributed by atoms with Gasteiger partial charge in [0.25, 0.3) is 11.8 Å². The van der Waals surface area contributed by atoms with E-state index in [0.717, 1.165) is 20.5 Å². The van der Waals surface area contributed by atoms with Crippen LogP contribution in [0.2, 0.25) is 5.02 Å². The molecule has 0 unspecified atom stereocenters. The van der Waals surface area contributed by atoms with Gasteiger partial charge in [0.1, 0.15) is 11.3 Å². The molecule has 1 saturated heterocycles. The summed E-state index contributed by atoms with van der Waals surface area (Å²) in [7, 11) is 0. The van der Waals surface area contributed by atoms with E-state index in [1.807, 2.05) is 31.2 Å². The van der Waals surface area contributed by atoms with Gasteiger partial charge in [-0.1, -0.05) is 63.9 Å². The smallest absolute Gasteiger partial charge is 0.335 e. The van der Waals surface area contributed by atoms with Crippen LogP contribution in [-0.2, 0) is 16.0 Å². The lowest BCUT2D eigenvalue weighted by molar-refractivity contribution is -0.122. The van der Waals surface area contributed by atoms with Gasteiger partial charge in [0.2, 0.25) is 0 Å². The summed E-state index contributed by atoms with van der Waals surface area (Å²) in [4.78, 5) is 38.9. The summed E-state index contributed by atoms with van der Waals surface area (Å²) >= 11 is 10.2. The van der Waals surface area contributed by atoms with Gasteiger partial charge in [0, 0.05) is 21.5 Å². The van der Waals surface area contributed by atoms with E-state index in [4.69, 9.17) is 16.3 Å². The Labute approximate surface area is 210 Å². The zero-order valence-electron chi connectivity index (χ0n) is 18.2. The maximum absolute atomic E-state index is 13.1. The highest BCUT2D eigenvalue weighted by molar-refractivity contribution is 9.10. The molecule has 34 heavy (non-hydrogen) atoms. The first-order valence-corrected chi connectivity index (χ1v) is 11.7. The van der Waals surface area contributed by atoms with Crippen LogP contribution in [0.25, 0.3) is 6.08 Å². The lowest BCUT2D eigenvalue weighted by Gasteiger charge is -2.26. The van der Waals surface area contributed by atoms with Crippen LogP contribution in [0, 0.1) is 0 Å². The first-order chi connectivity index (χ1) is 16.4. The number of para-hydroxylation sites is 1. The Morgan fingerprint density at radius 1 is 1.03 bits per heavy atom. The Morgan fingerprint density at radius 2 is 1.74 bits per heavy atom. The van der Waals surface area contributed by atoms with Crippen LogP contribution >= 0.6 is 27.5 Å². The minimum atomic E-state index is -0.796. The molecule has 1 N–H and O–H groups in total. The second-order valence-electron chi connectivity index (χ2n) is 7.47. The maximum Gasteiger partial charge on any atom is 0.335 e. The number of carbonyl (C=O) groups is 3.